The van der Waals surface area contributed by atoms with Crippen molar-refractivity contribution in [2.45, 2.75) is 63.6 Å². The van der Waals surface area contributed by atoms with Crippen LogP contribution < -0.4 is 10.6 Å². The SMILES string of the molecule is O=C1CCC(N2C(=O)c3cccc(NCc4cnn(C5CCN(C(=O)CC6CCN(C(=O)c7ccccc7)CC6)CC5)c4)c3C2=O)C(=O)N1. The molecule has 13 nitrogen and oxygen atoms in total. The van der Waals surface area contributed by atoms with Gasteiger partial charge in [-0.25, -0.2) is 0 Å². The van der Waals surface area contributed by atoms with Crippen LogP contribution in [-0.2, 0) is 20.9 Å². The molecule has 0 bridgehead atoms. The van der Waals surface area contributed by atoms with Crippen LogP contribution in [0.25, 0.3) is 0 Å². The predicted molar refractivity (Wildman–Crippen MR) is 177 cm³/mol. The molecule has 6 amide bonds. The normalized spacial score (nSPS) is 20.4. The van der Waals surface area contributed by atoms with E-state index in [2.05, 4.69) is 15.7 Å². The van der Waals surface area contributed by atoms with E-state index in [0.717, 1.165) is 36.1 Å². The molecule has 2 N–H and O–H groups in total. The van der Waals surface area contributed by atoms with Crippen molar-refractivity contribution >= 4 is 41.1 Å². The standard InChI is InChI=1S/C36H39N7O6/c44-30-10-9-29(33(46)39-30)43-35(48)27-7-4-8-28(32(27)36(43)49)37-20-24-21-38-42(22-24)26-13-17-40(18-14-26)31(45)19-23-11-15-41(16-12-23)34(47)25-5-2-1-3-6-25/h1-8,21-23,26,29,37H,9-20H2,(H,39,44,46). The number of likely N-dealkylation sites (tertiary alicyclic amines) is 2. The number of aromatic nitrogens is 2. The van der Waals surface area contributed by atoms with Gasteiger partial charge in [0.25, 0.3) is 17.7 Å². The molecular formula is C36H39N7O6. The van der Waals surface area contributed by atoms with E-state index < -0.39 is 29.7 Å². The largest absolute Gasteiger partial charge is 0.380 e. The molecular weight excluding hydrogens is 626 g/mol. The summed E-state index contributed by atoms with van der Waals surface area (Å²) in [7, 11) is 0. The van der Waals surface area contributed by atoms with Gasteiger partial charge in [0.05, 0.1) is 23.4 Å². The third-order valence-corrected chi connectivity index (χ3v) is 10.2. The van der Waals surface area contributed by atoms with Gasteiger partial charge in [-0.3, -0.25) is 43.7 Å². The van der Waals surface area contributed by atoms with E-state index in [1.165, 1.54) is 0 Å². The number of hydrogen-bond acceptors (Lipinski definition) is 8. The zero-order valence-electron chi connectivity index (χ0n) is 27.2. The van der Waals surface area contributed by atoms with E-state index in [9.17, 15) is 28.8 Å². The molecule has 5 heterocycles. The Labute approximate surface area is 283 Å². The molecule has 0 spiro atoms. The van der Waals surface area contributed by atoms with E-state index in [0.29, 0.717) is 50.4 Å². The number of nitrogens with zero attached hydrogens (tertiary/aromatic N) is 5. The van der Waals surface area contributed by atoms with Crippen LogP contribution >= 0.6 is 0 Å². The highest BCUT2D eigenvalue weighted by Gasteiger charge is 2.45. The van der Waals surface area contributed by atoms with Crippen molar-refractivity contribution in [1.29, 1.82) is 0 Å². The summed E-state index contributed by atoms with van der Waals surface area (Å²) in [6.45, 7) is 3.04. The summed E-state index contributed by atoms with van der Waals surface area (Å²) >= 11 is 0. The second kappa shape index (κ2) is 13.7. The first-order chi connectivity index (χ1) is 23.8. The summed E-state index contributed by atoms with van der Waals surface area (Å²) in [6.07, 6.45) is 7.66. The number of hydrogen-bond donors (Lipinski definition) is 2. The van der Waals surface area contributed by atoms with Crippen molar-refractivity contribution in [1.82, 2.24) is 29.8 Å². The maximum absolute atomic E-state index is 13.4. The van der Waals surface area contributed by atoms with Crippen molar-refractivity contribution in [2.24, 2.45) is 5.92 Å². The van der Waals surface area contributed by atoms with Gasteiger partial charge in [-0.1, -0.05) is 24.3 Å². The van der Waals surface area contributed by atoms with Gasteiger partial charge in [-0.2, -0.15) is 5.10 Å². The first-order valence-electron chi connectivity index (χ1n) is 17.0. The molecule has 0 radical (unpaired) electrons. The van der Waals surface area contributed by atoms with Gasteiger partial charge in [-0.05, 0) is 62.3 Å². The Morgan fingerprint density at radius 2 is 1.57 bits per heavy atom. The van der Waals surface area contributed by atoms with Crippen molar-refractivity contribution in [3.05, 3.63) is 83.2 Å². The summed E-state index contributed by atoms with van der Waals surface area (Å²) in [6, 6.07) is 13.4. The second-order valence-corrected chi connectivity index (χ2v) is 13.3. The van der Waals surface area contributed by atoms with Crippen LogP contribution in [0.15, 0.2) is 60.9 Å². The number of benzene rings is 2. The van der Waals surface area contributed by atoms with E-state index in [-0.39, 0.29) is 47.7 Å². The minimum atomic E-state index is -1.02. The molecule has 1 atom stereocenters. The highest BCUT2D eigenvalue weighted by atomic mass is 16.2. The van der Waals surface area contributed by atoms with Crippen LogP contribution in [0, 0.1) is 5.92 Å². The Kier molecular flexibility index (Phi) is 8.98. The van der Waals surface area contributed by atoms with Gasteiger partial charge in [0.2, 0.25) is 17.7 Å². The van der Waals surface area contributed by atoms with E-state index >= 15 is 0 Å². The third-order valence-electron chi connectivity index (χ3n) is 10.2. The molecule has 2 aromatic carbocycles. The fourth-order valence-corrected chi connectivity index (χ4v) is 7.39. The lowest BCUT2D eigenvalue weighted by atomic mass is 9.92. The van der Waals surface area contributed by atoms with Gasteiger partial charge in [0.15, 0.2) is 0 Å². The number of carbonyl (C=O) groups excluding carboxylic acids is 6. The molecule has 4 aliphatic rings. The van der Waals surface area contributed by atoms with Crippen molar-refractivity contribution in [3.8, 4) is 0 Å². The Morgan fingerprint density at radius 3 is 2.31 bits per heavy atom. The topological polar surface area (TPSA) is 154 Å². The molecule has 1 unspecified atom stereocenters. The molecule has 7 rings (SSSR count). The highest BCUT2D eigenvalue weighted by Crippen LogP contribution is 2.33. The van der Waals surface area contributed by atoms with Crippen molar-refractivity contribution in [3.63, 3.8) is 0 Å². The number of imide groups is 2. The summed E-state index contributed by atoms with van der Waals surface area (Å²) in [5.74, 6) is -1.64. The lowest BCUT2D eigenvalue weighted by Gasteiger charge is -2.35. The molecule has 254 valence electrons. The second-order valence-electron chi connectivity index (χ2n) is 13.3. The zero-order chi connectivity index (χ0) is 34.1. The molecule has 3 aromatic rings. The molecule has 49 heavy (non-hydrogen) atoms. The minimum Gasteiger partial charge on any atom is -0.380 e. The molecule has 3 saturated heterocycles. The van der Waals surface area contributed by atoms with E-state index in [1.807, 2.05) is 51.0 Å². The van der Waals surface area contributed by atoms with Gasteiger partial charge >= 0.3 is 0 Å². The smallest absolute Gasteiger partial charge is 0.264 e. The molecule has 13 heteroatoms. The quantitative estimate of drug-likeness (QED) is 0.348. The number of fused-ring (bicyclic) bond motifs is 1. The Morgan fingerprint density at radius 1 is 0.837 bits per heavy atom. The first kappa shape index (κ1) is 32.2. The number of carbonyl (C=O) groups is 6. The highest BCUT2D eigenvalue weighted by molar-refractivity contribution is 6.25. The Balaban J connectivity index is 0.886. The van der Waals surface area contributed by atoms with Gasteiger partial charge < -0.3 is 15.1 Å². The van der Waals surface area contributed by atoms with Crippen LogP contribution in [0.1, 0.15) is 87.6 Å². The summed E-state index contributed by atoms with van der Waals surface area (Å²) < 4.78 is 1.94. The molecule has 3 fully saturated rings. The third kappa shape index (κ3) is 6.57. The molecule has 1 aromatic heterocycles. The average Bonchev–Trinajstić information content (AvgIpc) is 3.70. The predicted octanol–water partition coefficient (Wildman–Crippen LogP) is 3.00. The summed E-state index contributed by atoms with van der Waals surface area (Å²) in [5.41, 5.74) is 2.52. The average molecular weight is 666 g/mol. The first-order valence-corrected chi connectivity index (χ1v) is 17.0. The van der Waals surface area contributed by atoms with E-state index in [1.54, 1.807) is 24.4 Å². The summed E-state index contributed by atoms with van der Waals surface area (Å²) in [5, 5.41) is 10.1. The monoisotopic (exact) mass is 665 g/mol. The Hall–Kier alpha value is -5.33. The van der Waals surface area contributed by atoms with Crippen LogP contribution in [0.3, 0.4) is 0 Å². The van der Waals surface area contributed by atoms with Crippen LogP contribution in [0.5, 0.6) is 0 Å². The molecule has 0 saturated carbocycles. The van der Waals surface area contributed by atoms with Crippen LogP contribution in [0.2, 0.25) is 0 Å². The van der Waals surface area contributed by atoms with Gasteiger partial charge in [0.1, 0.15) is 6.04 Å². The van der Waals surface area contributed by atoms with Crippen LogP contribution in [0.4, 0.5) is 5.69 Å². The lowest BCUT2D eigenvalue weighted by Crippen LogP contribution is -2.54. The zero-order valence-corrected chi connectivity index (χ0v) is 27.2. The van der Waals surface area contributed by atoms with Crippen molar-refractivity contribution < 1.29 is 28.8 Å². The fraction of sp³-hybridized carbons (Fsp3) is 0.417. The lowest BCUT2D eigenvalue weighted by molar-refractivity contribution is -0.136. The van der Waals surface area contributed by atoms with Crippen molar-refractivity contribution in [2.75, 3.05) is 31.5 Å². The van der Waals surface area contributed by atoms with Gasteiger partial charge in [-0.15, -0.1) is 0 Å². The number of amides is 6. The molecule has 4 aliphatic heterocycles. The van der Waals surface area contributed by atoms with Gasteiger partial charge in [0, 0.05) is 68.6 Å². The fourth-order valence-electron chi connectivity index (χ4n) is 7.39. The number of piperidine rings is 3. The van der Waals surface area contributed by atoms with Crippen LogP contribution in [-0.4, -0.2) is 92.1 Å². The number of rotatable bonds is 8. The molecule has 0 aliphatic carbocycles. The number of nitrogens with one attached hydrogen (secondary N) is 2. The number of anilines is 1. The summed E-state index contributed by atoms with van der Waals surface area (Å²) in [4.78, 5) is 81.3. The maximum atomic E-state index is 13.4. The Bertz CT molecular complexity index is 1790. The van der Waals surface area contributed by atoms with E-state index in [4.69, 9.17) is 0 Å². The minimum absolute atomic E-state index is 0.0542. The maximum Gasteiger partial charge on any atom is 0.264 e.